The number of hydrogen-bond acceptors (Lipinski definition) is 1. The minimum absolute atomic E-state index is 0.0890. The third-order valence-corrected chi connectivity index (χ3v) is 1.85. The van der Waals surface area contributed by atoms with Gasteiger partial charge in [0.25, 0.3) is 0 Å². The number of halogens is 3. The molecule has 0 spiro atoms. The zero-order chi connectivity index (χ0) is 10.8. The topological polar surface area (TPSA) is 17.1 Å². The summed E-state index contributed by atoms with van der Waals surface area (Å²) in [7, 11) is 0. The lowest BCUT2D eigenvalue weighted by atomic mass is 10.1. The molecule has 0 fully saturated rings. The summed E-state index contributed by atoms with van der Waals surface area (Å²) in [4.78, 5) is 10.9. The van der Waals surface area contributed by atoms with Crippen molar-refractivity contribution in [3.05, 3.63) is 35.5 Å². The average molecular weight is 202 g/mol. The van der Waals surface area contributed by atoms with E-state index >= 15 is 0 Å². The highest BCUT2D eigenvalue weighted by atomic mass is 19.4. The fourth-order valence-corrected chi connectivity index (χ4v) is 1.08. The van der Waals surface area contributed by atoms with Crippen LogP contribution < -0.4 is 0 Å². The van der Waals surface area contributed by atoms with Crippen LogP contribution in [0.15, 0.2) is 35.5 Å². The highest BCUT2D eigenvalue weighted by Gasteiger charge is 2.33. The monoisotopic (exact) mass is 202 g/mol. The fraction of sp³-hybridized carbons (Fsp3) is 0.300. The standard InChI is InChI=1S/C10H9F3O/c1-7(14)8-4-2-3-5-9(6-8)10(11,12)13/h2-4,6H,5H2,1H3. The molecule has 0 amide bonds. The number of allylic oxidation sites excluding steroid dienone is 6. The van der Waals surface area contributed by atoms with Crippen molar-refractivity contribution in [3.8, 4) is 0 Å². The van der Waals surface area contributed by atoms with E-state index in [9.17, 15) is 18.0 Å². The molecule has 0 saturated carbocycles. The number of hydrogen-bond donors (Lipinski definition) is 0. The summed E-state index contributed by atoms with van der Waals surface area (Å²) < 4.78 is 37.0. The molecule has 0 saturated heterocycles. The van der Waals surface area contributed by atoms with E-state index in [1.54, 1.807) is 0 Å². The van der Waals surface area contributed by atoms with Crippen LogP contribution in [-0.4, -0.2) is 12.0 Å². The van der Waals surface area contributed by atoms with E-state index in [1.165, 1.54) is 25.2 Å². The summed E-state index contributed by atoms with van der Waals surface area (Å²) in [6.07, 6.45) is 0.602. The molecule has 0 atom stereocenters. The number of alkyl halides is 3. The molecule has 0 unspecified atom stereocenters. The van der Waals surface area contributed by atoms with Gasteiger partial charge < -0.3 is 0 Å². The Morgan fingerprint density at radius 2 is 2.07 bits per heavy atom. The van der Waals surface area contributed by atoms with Gasteiger partial charge in [0.05, 0.1) is 0 Å². The summed E-state index contributed by atoms with van der Waals surface area (Å²) >= 11 is 0. The molecule has 4 heteroatoms. The van der Waals surface area contributed by atoms with E-state index in [2.05, 4.69) is 0 Å². The fourth-order valence-electron chi connectivity index (χ4n) is 1.08. The van der Waals surface area contributed by atoms with Crippen LogP contribution in [-0.2, 0) is 4.79 Å². The van der Waals surface area contributed by atoms with Crippen LogP contribution in [0.1, 0.15) is 13.3 Å². The van der Waals surface area contributed by atoms with Crippen molar-refractivity contribution in [1.29, 1.82) is 0 Å². The first-order valence-corrected chi connectivity index (χ1v) is 4.07. The van der Waals surface area contributed by atoms with Gasteiger partial charge in [-0.15, -0.1) is 0 Å². The zero-order valence-corrected chi connectivity index (χ0v) is 7.56. The Morgan fingerprint density at radius 3 is 2.57 bits per heavy atom. The summed E-state index contributed by atoms with van der Waals surface area (Å²) in [6.45, 7) is 1.25. The lowest BCUT2D eigenvalue weighted by Gasteiger charge is -2.08. The molecule has 0 N–H and O–H groups in total. The Bertz CT molecular complexity index is 332. The Morgan fingerprint density at radius 1 is 1.43 bits per heavy atom. The Hall–Kier alpha value is -1.32. The van der Waals surface area contributed by atoms with E-state index < -0.39 is 11.7 Å². The van der Waals surface area contributed by atoms with Crippen LogP contribution in [0.2, 0.25) is 0 Å². The van der Waals surface area contributed by atoms with Gasteiger partial charge in [0.1, 0.15) is 0 Å². The predicted molar refractivity (Wildman–Crippen MR) is 46.7 cm³/mol. The van der Waals surface area contributed by atoms with Gasteiger partial charge in [-0.25, -0.2) is 0 Å². The second-order valence-corrected chi connectivity index (χ2v) is 2.98. The van der Waals surface area contributed by atoms with Crippen molar-refractivity contribution in [1.82, 2.24) is 0 Å². The molecule has 1 aliphatic rings. The number of ketones is 1. The maximum atomic E-state index is 12.3. The quantitative estimate of drug-likeness (QED) is 0.638. The van der Waals surface area contributed by atoms with Crippen molar-refractivity contribution < 1.29 is 18.0 Å². The predicted octanol–water partition coefficient (Wildman–Crippen LogP) is 2.95. The molecule has 0 aromatic heterocycles. The molecule has 0 heterocycles. The number of carbonyl (C=O) groups excluding carboxylic acids is 1. The second kappa shape index (κ2) is 3.82. The van der Waals surface area contributed by atoms with Crippen molar-refractivity contribution in [2.75, 3.05) is 0 Å². The molecule has 0 aromatic rings. The lowest BCUT2D eigenvalue weighted by Crippen LogP contribution is -2.12. The number of carbonyl (C=O) groups is 1. The van der Waals surface area contributed by atoms with Crippen LogP contribution in [0.4, 0.5) is 13.2 Å². The third kappa shape index (κ3) is 2.58. The Balaban J connectivity index is 3.06. The summed E-state index contributed by atoms with van der Waals surface area (Å²) in [5.41, 5.74) is -0.598. The lowest BCUT2D eigenvalue weighted by molar-refractivity contribution is -0.113. The van der Waals surface area contributed by atoms with Gasteiger partial charge in [0, 0.05) is 11.1 Å². The SMILES string of the molecule is CC(=O)C1=CC=CCC(C(F)(F)F)=C1. The molecule has 0 bridgehead atoms. The first kappa shape index (κ1) is 10.8. The zero-order valence-electron chi connectivity index (χ0n) is 7.56. The van der Waals surface area contributed by atoms with Crippen molar-refractivity contribution in [2.45, 2.75) is 19.5 Å². The maximum Gasteiger partial charge on any atom is 0.413 e. The normalized spacial score (nSPS) is 17.1. The Labute approximate surface area is 79.6 Å². The van der Waals surface area contributed by atoms with Gasteiger partial charge in [-0.2, -0.15) is 13.2 Å². The van der Waals surface area contributed by atoms with Gasteiger partial charge in [-0.1, -0.05) is 18.2 Å². The Kier molecular flexibility index (Phi) is 2.93. The first-order chi connectivity index (χ1) is 6.41. The van der Waals surface area contributed by atoms with Crippen molar-refractivity contribution >= 4 is 5.78 Å². The highest BCUT2D eigenvalue weighted by molar-refractivity contribution is 5.96. The second-order valence-electron chi connectivity index (χ2n) is 2.98. The first-order valence-electron chi connectivity index (χ1n) is 4.07. The minimum atomic E-state index is -4.36. The maximum absolute atomic E-state index is 12.3. The number of Topliss-reactive ketones (excluding diaryl/α,β-unsaturated/α-hetero) is 1. The van der Waals surface area contributed by atoms with Gasteiger partial charge in [0.2, 0.25) is 0 Å². The van der Waals surface area contributed by atoms with E-state index in [0.717, 1.165) is 6.08 Å². The number of rotatable bonds is 1. The van der Waals surface area contributed by atoms with E-state index in [4.69, 9.17) is 0 Å². The summed E-state index contributed by atoms with van der Waals surface area (Å²) in [5.74, 6) is -0.363. The molecule has 1 rings (SSSR count). The minimum Gasteiger partial charge on any atom is -0.295 e. The molecule has 0 radical (unpaired) electrons. The van der Waals surface area contributed by atoms with Gasteiger partial charge in [-0.05, 0) is 19.4 Å². The molecular weight excluding hydrogens is 193 g/mol. The summed E-state index contributed by atoms with van der Waals surface area (Å²) in [5, 5.41) is 0. The van der Waals surface area contributed by atoms with E-state index in [0.29, 0.717) is 0 Å². The third-order valence-electron chi connectivity index (χ3n) is 1.85. The van der Waals surface area contributed by atoms with Gasteiger partial charge >= 0.3 is 6.18 Å². The van der Waals surface area contributed by atoms with Crippen molar-refractivity contribution in [3.63, 3.8) is 0 Å². The van der Waals surface area contributed by atoms with Crippen LogP contribution in [0.5, 0.6) is 0 Å². The van der Waals surface area contributed by atoms with Crippen LogP contribution in [0, 0.1) is 0 Å². The van der Waals surface area contributed by atoms with Crippen LogP contribution in [0.25, 0.3) is 0 Å². The highest BCUT2D eigenvalue weighted by Crippen LogP contribution is 2.30. The molecule has 0 aliphatic heterocycles. The van der Waals surface area contributed by atoms with Crippen molar-refractivity contribution in [2.24, 2.45) is 0 Å². The van der Waals surface area contributed by atoms with Crippen LogP contribution in [0.3, 0.4) is 0 Å². The molecule has 1 nitrogen and oxygen atoms in total. The molecule has 14 heavy (non-hydrogen) atoms. The largest absolute Gasteiger partial charge is 0.413 e. The molecule has 0 aromatic carbocycles. The molecular formula is C10H9F3O. The van der Waals surface area contributed by atoms with E-state index in [-0.39, 0.29) is 17.8 Å². The molecule has 76 valence electrons. The van der Waals surface area contributed by atoms with Gasteiger partial charge in [0.15, 0.2) is 5.78 Å². The van der Waals surface area contributed by atoms with E-state index in [1.807, 2.05) is 0 Å². The smallest absolute Gasteiger partial charge is 0.295 e. The van der Waals surface area contributed by atoms with Gasteiger partial charge in [-0.3, -0.25) is 4.79 Å². The average Bonchev–Trinajstić information content (AvgIpc) is 2.26. The van der Waals surface area contributed by atoms with Crippen LogP contribution >= 0.6 is 0 Å². The molecule has 1 aliphatic carbocycles. The summed E-state index contributed by atoms with van der Waals surface area (Å²) in [6, 6.07) is 0.